The molecule has 2 aromatic rings. The zero-order chi connectivity index (χ0) is 15.4. The molecule has 2 aromatic carbocycles. The first-order chi connectivity index (χ1) is 10.0. The van der Waals surface area contributed by atoms with Crippen molar-refractivity contribution in [3.05, 3.63) is 53.1 Å². The van der Waals surface area contributed by atoms with Crippen LogP contribution in [0.1, 0.15) is 10.4 Å². The molecule has 0 aliphatic carbocycles. The van der Waals surface area contributed by atoms with Crippen LogP contribution in [0.25, 0.3) is 0 Å². The van der Waals surface area contributed by atoms with Crippen LogP contribution in [-0.2, 0) is 0 Å². The highest BCUT2D eigenvalue weighted by atomic mass is 35.5. The van der Waals surface area contributed by atoms with Gasteiger partial charge in [-0.2, -0.15) is 0 Å². The third-order valence-electron chi connectivity index (χ3n) is 3.03. The fourth-order valence-corrected chi connectivity index (χ4v) is 2.76. The molecule has 0 radical (unpaired) electrons. The van der Waals surface area contributed by atoms with E-state index in [1.807, 2.05) is 61.6 Å². The normalized spacial score (nSPS) is 10.3. The minimum absolute atomic E-state index is 0.145. The summed E-state index contributed by atoms with van der Waals surface area (Å²) < 4.78 is 0. The van der Waals surface area contributed by atoms with Gasteiger partial charge in [-0.15, -0.1) is 11.8 Å². The van der Waals surface area contributed by atoms with Gasteiger partial charge in [0.2, 0.25) is 0 Å². The number of hydrogen-bond donors (Lipinski definition) is 1. The Hall–Kier alpha value is -1.65. The number of carbonyl (C=O) groups excluding carboxylic acids is 1. The summed E-state index contributed by atoms with van der Waals surface area (Å²) in [5.74, 6) is -0.145. The molecule has 0 heterocycles. The number of nitrogens with one attached hydrogen (secondary N) is 1. The molecule has 0 aliphatic heterocycles. The van der Waals surface area contributed by atoms with Gasteiger partial charge >= 0.3 is 0 Å². The van der Waals surface area contributed by atoms with Crippen molar-refractivity contribution in [3.63, 3.8) is 0 Å². The molecule has 0 aliphatic rings. The van der Waals surface area contributed by atoms with Crippen LogP contribution in [0.3, 0.4) is 0 Å². The maximum atomic E-state index is 12.3. The third-order valence-corrected chi connectivity index (χ3v) is 4.08. The van der Waals surface area contributed by atoms with E-state index >= 15 is 0 Å². The van der Waals surface area contributed by atoms with Gasteiger partial charge in [0.1, 0.15) is 0 Å². The van der Waals surface area contributed by atoms with Crippen LogP contribution < -0.4 is 10.2 Å². The first-order valence-electron chi connectivity index (χ1n) is 6.44. The first-order valence-corrected chi connectivity index (χ1v) is 8.04. The van der Waals surface area contributed by atoms with Crippen LogP contribution in [0.2, 0.25) is 5.02 Å². The van der Waals surface area contributed by atoms with Crippen LogP contribution in [0.4, 0.5) is 11.4 Å². The topological polar surface area (TPSA) is 32.3 Å². The number of carbonyl (C=O) groups is 1. The molecule has 0 unspecified atom stereocenters. The van der Waals surface area contributed by atoms with E-state index in [0.29, 0.717) is 16.3 Å². The van der Waals surface area contributed by atoms with Crippen LogP contribution in [0.5, 0.6) is 0 Å². The molecule has 110 valence electrons. The zero-order valence-corrected chi connectivity index (χ0v) is 13.8. The zero-order valence-electron chi connectivity index (χ0n) is 12.2. The van der Waals surface area contributed by atoms with E-state index in [0.717, 1.165) is 10.6 Å². The van der Waals surface area contributed by atoms with Crippen LogP contribution in [0, 0.1) is 0 Å². The van der Waals surface area contributed by atoms with E-state index in [9.17, 15) is 4.79 Å². The molecule has 0 bridgehead atoms. The Kier molecular flexibility index (Phi) is 5.15. The van der Waals surface area contributed by atoms with Gasteiger partial charge in [0.15, 0.2) is 0 Å². The summed E-state index contributed by atoms with van der Waals surface area (Å²) in [4.78, 5) is 15.3. The quantitative estimate of drug-likeness (QED) is 0.848. The van der Waals surface area contributed by atoms with Gasteiger partial charge in [-0.05, 0) is 42.7 Å². The molecule has 0 aromatic heterocycles. The Morgan fingerprint density at radius 2 is 1.81 bits per heavy atom. The average Bonchev–Trinajstić information content (AvgIpc) is 2.47. The number of hydrogen-bond acceptors (Lipinski definition) is 3. The molecular weight excluding hydrogens is 304 g/mol. The van der Waals surface area contributed by atoms with Gasteiger partial charge in [-0.3, -0.25) is 4.79 Å². The summed E-state index contributed by atoms with van der Waals surface area (Å²) in [6, 6.07) is 13.0. The Morgan fingerprint density at radius 1 is 1.14 bits per heavy atom. The molecule has 0 fully saturated rings. The second kappa shape index (κ2) is 6.87. The third kappa shape index (κ3) is 3.71. The highest BCUT2D eigenvalue weighted by Gasteiger charge is 2.12. The Balaban J connectivity index is 2.25. The summed E-state index contributed by atoms with van der Waals surface area (Å²) >= 11 is 7.84. The molecule has 21 heavy (non-hydrogen) atoms. The van der Waals surface area contributed by atoms with Crippen molar-refractivity contribution < 1.29 is 4.79 Å². The standard InChI is InChI=1S/C16H17ClN2OS/c1-19(2)15-13(17)5-4-6-14(15)18-16(20)11-7-9-12(21-3)10-8-11/h4-10H,1-3H3,(H,18,20). The maximum Gasteiger partial charge on any atom is 0.255 e. The molecule has 3 nitrogen and oxygen atoms in total. The van der Waals surface area contributed by atoms with E-state index in [4.69, 9.17) is 11.6 Å². The van der Waals surface area contributed by atoms with Crippen molar-refractivity contribution in [1.29, 1.82) is 0 Å². The smallest absolute Gasteiger partial charge is 0.255 e. The average molecular weight is 321 g/mol. The number of para-hydroxylation sites is 1. The molecular formula is C16H17ClN2OS. The van der Waals surface area contributed by atoms with Crippen molar-refractivity contribution in [3.8, 4) is 0 Å². The van der Waals surface area contributed by atoms with Crippen LogP contribution in [-0.4, -0.2) is 26.3 Å². The molecule has 0 saturated heterocycles. The highest BCUT2D eigenvalue weighted by molar-refractivity contribution is 7.98. The predicted molar refractivity (Wildman–Crippen MR) is 92.0 cm³/mol. The number of amides is 1. The minimum atomic E-state index is -0.145. The number of benzene rings is 2. The second-order valence-electron chi connectivity index (χ2n) is 4.71. The molecule has 5 heteroatoms. The number of thioether (sulfide) groups is 1. The van der Waals surface area contributed by atoms with E-state index in [1.165, 1.54) is 0 Å². The molecule has 0 atom stereocenters. The summed E-state index contributed by atoms with van der Waals surface area (Å²) in [6.45, 7) is 0. The van der Waals surface area contributed by atoms with Crippen molar-refractivity contribution >= 4 is 40.6 Å². The van der Waals surface area contributed by atoms with Gasteiger partial charge in [0, 0.05) is 24.6 Å². The summed E-state index contributed by atoms with van der Waals surface area (Å²) in [7, 11) is 3.79. The number of anilines is 2. The Bertz CT molecular complexity index is 641. The van der Waals surface area contributed by atoms with Gasteiger partial charge in [0.25, 0.3) is 5.91 Å². The molecule has 0 spiro atoms. The lowest BCUT2D eigenvalue weighted by Gasteiger charge is -2.19. The second-order valence-corrected chi connectivity index (χ2v) is 6.00. The van der Waals surface area contributed by atoms with Crippen LogP contribution >= 0.6 is 23.4 Å². The van der Waals surface area contributed by atoms with Gasteiger partial charge < -0.3 is 10.2 Å². The Labute approximate surface area is 134 Å². The number of halogens is 1. The van der Waals surface area contributed by atoms with Crippen molar-refractivity contribution in [2.75, 3.05) is 30.6 Å². The Morgan fingerprint density at radius 3 is 2.38 bits per heavy atom. The molecule has 2 rings (SSSR count). The first kappa shape index (κ1) is 15.7. The fraction of sp³-hybridized carbons (Fsp3) is 0.188. The lowest BCUT2D eigenvalue weighted by atomic mass is 10.2. The summed E-state index contributed by atoms with van der Waals surface area (Å²) in [5.41, 5.74) is 2.12. The largest absolute Gasteiger partial charge is 0.375 e. The molecule has 0 saturated carbocycles. The number of nitrogens with zero attached hydrogens (tertiary/aromatic N) is 1. The molecule has 1 amide bonds. The fourth-order valence-electron chi connectivity index (χ4n) is 2.01. The van der Waals surface area contributed by atoms with E-state index in [-0.39, 0.29) is 5.91 Å². The minimum Gasteiger partial charge on any atom is -0.375 e. The SMILES string of the molecule is CSc1ccc(C(=O)Nc2cccc(Cl)c2N(C)C)cc1. The lowest BCUT2D eigenvalue weighted by molar-refractivity contribution is 0.102. The summed E-state index contributed by atoms with van der Waals surface area (Å²) in [5, 5.41) is 3.52. The van der Waals surface area contributed by atoms with E-state index < -0.39 is 0 Å². The van der Waals surface area contributed by atoms with Gasteiger partial charge in [0.05, 0.1) is 16.4 Å². The summed E-state index contributed by atoms with van der Waals surface area (Å²) in [6.07, 6.45) is 2.00. The van der Waals surface area contributed by atoms with Gasteiger partial charge in [-0.25, -0.2) is 0 Å². The maximum absolute atomic E-state index is 12.3. The van der Waals surface area contributed by atoms with Crippen molar-refractivity contribution in [2.45, 2.75) is 4.90 Å². The highest BCUT2D eigenvalue weighted by Crippen LogP contribution is 2.32. The molecule has 1 N–H and O–H groups in total. The van der Waals surface area contributed by atoms with Crippen molar-refractivity contribution in [1.82, 2.24) is 0 Å². The predicted octanol–water partition coefficient (Wildman–Crippen LogP) is 4.38. The van der Waals surface area contributed by atoms with E-state index in [2.05, 4.69) is 5.32 Å². The van der Waals surface area contributed by atoms with Crippen LogP contribution in [0.15, 0.2) is 47.4 Å². The van der Waals surface area contributed by atoms with Gasteiger partial charge in [-0.1, -0.05) is 17.7 Å². The lowest BCUT2D eigenvalue weighted by Crippen LogP contribution is -2.17. The van der Waals surface area contributed by atoms with Crippen molar-refractivity contribution in [2.24, 2.45) is 0 Å². The number of rotatable bonds is 4. The monoisotopic (exact) mass is 320 g/mol. The van der Waals surface area contributed by atoms with E-state index in [1.54, 1.807) is 17.8 Å².